The van der Waals surface area contributed by atoms with E-state index in [4.69, 9.17) is 9.15 Å². The molecule has 0 bridgehead atoms. The zero-order chi connectivity index (χ0) is 18.0. The van der Waals surface area contributed by atoms with Crippen molar-refractivity contribution in [3.63, 3.8) is 0 Å². The zero-order valence-electron chi connectivity index (χ0n) is 13.7. The molecule has 2 aromatic rings. The molecular weight excluding hydrogens is 334 g/mol. The van der Waals surface area contributed by atoms with Crippen LogP contribution >= 0.6 is 0 Å². The first kappa shape index (κ1) is 17.3. The number of carbonyl (C=O) groups excluding carboxylic acids is 1. The molecule has 1 fully saturated rings. The van der Waals surface area contributed by atoms with Gasteiger partial charge in [-0.1, -0.05) is 6.07 Å². The number of aliphatic hydroxyl groups excluding tert-OH is 1. The number of benzene rings is 1. The van der Waals surface area contributed by atoms with Crippen LogP contribution in [0.2, 0.25) is 0 Å². The number of halogens is 2. The lowest BCUT2D eigenvalue weighted by molar-refractivity contribution is 0.0727. The smallest absolute Gasteiger partial charge is 0.275 e. The third-order valence-electron chi connectivity index (χ3n) is 4.25. The maximum absolute atomic E-state index is 13.5. The van der Waals surface area contributed by atoms with E-state index in [1.165, 1.54) is 23.3 Å². The highest BCUT2D eigenvalue weighted by molar-refractivity contribution is 5.91. The molecule has 0 spiro atoms. The van der Waals surface area contributed by atoms with Gasteiger partial charge in [0.25, 0.3) is 5.91 Å². The Morgan fingerprint density at radius 3 is 2.88 bits per heavy atom. The second-order valence-electron chi connectivity index (χ2n) is 6.29. The van der Waals surface area contributed by atoms with Crippen LogP contribution in [0.3, 0.4) is 0 Å². The number of ether oxygens (including phenoxy) is 1. The Hall–Kier alpha value is -2.48. The Labute approximate surface area is 143 Å². The lowest BCUT2D eigenvalue weighted by Crippen LogP contribution is -2.34. The summed E-state index contributed by atoms with van der Waals surface area (Å²) in [5.41, 5.74) is -0.107. The molecule has 1 amide bonds. The Balaban J connectivity index is 1.60. The summed E-state index contributed by atoms with van der Waals surface area (Å²) in [4.78, 5) is 17.8. The summed E-state index contributed by atoms with van der Waals surface area (Å²) in [6, 6.07) is 3.59. The van der Waals surface area contributed by atoms with Gasteiger partial charge in [0.2, 0.25) is 11.7 Å². The predicted molar refractivity (Wildman–Crippen MR) is 82.9 cm³/mol. The average molecular weight is 352 g/mol. The van der Waals surface area contributed by atoms with Gasteiger partial charge in [-0.25, -0.2) is 9.37 Å². The molecule has 1 aliphatic rings. The number of rotatable bonds is 7. The predicted octanol–water partition coefficient (Wildman–Crippen LogP) is 2.38. The lowest BCUT2D eigenvalue weighted by atomic mass is 10.1. The molecule has 1 aliphatic carbocycles. The van der Waals surface area contributed by atoms with Crippen LogP contribution in [0.4, 0.5) is 8.78 Å². The van der Waals surface area contributed by atoms with Gasteiger partial charge in [-0.3, -0.25) is 4.79 Å². The lowest BCUT2D eigenvalue weighted by Gasteiger charge is -2.21. The molecular formula is C17H18F2N2O4. The van der Waals surface area contributed by atoms with Crippen molar-refractivity contribution in [2.24, 2.45) is 5.41 Å². The minimum Gasteiger partial charge on any atom is -0.481 e. The number of aromatic nitrogens is 1. The van der Waals surface area contributed by atoms with Gasteiger partial charge in [-0.15, -0.1) is 0 Å². The largest absolute Gasteiger partial charge is 0.481 e. The molecule has 0 saturated heterocycles. The summed E-state index contributed by atoms with van der Waals surface area (Å²) >= 11 is 0. The van der Waals surface area contributed by atoms with E-state index < -0.39 is 11.6 Å². The monoisotopic (exact) mass is 352 g/mol. The maximum Gasteiger partial charge on any atom is 0.275 e. The summed E-state index contributed by atoms with van der Waals surface area (Å²) < 4.78 is 36.9. The number of carbonyl (C=O) groups is 1. The summed E-state index contributed by atoms with van der Waals surface area (Å²) in [5.74, 6) is -2.64. The van der Waals surface area contributed by atoms with Crippen LogP contribution in [0, 0.1) is 17.0 Å². The van der Waals surface area contributed by atoms with Crippen molar-refractivity contribution < 1.29 is 27.8 Å². The topological polar surface area (TPSA) is 75.8 Å². The molecule has 1 aromatic carbocycles. The quantitative estimate of drug-likeness (QED) is 0.828. The van der Waals surface area contributed by atoms with Gasteiger partial charge < -0.3 is 19.2 Å². The van der Waals surface area contributed by atoms with Crippen LogP contribution in [0.15, 0.2) is 28.9 Å². The zero-order valence-corrected chi connectivity index (χ0v) is 13.7. The summed E-state index contributed by atoms with van der Waals surface area (Å²) in [6.07, 6.45) is 2.97. The molecule has 8 heteroatoms. The van der Waals surface area contributed by atoms with Gasteiger partial charge in [-0.2, -0.15) is 4.39 Å². The average Bonchev–Trinajstić information content (AvgIpc) is 3.22. The SMILES string of the molecule is CN(CC1(CO)CC1)C(=O)c1coc(COc2cccc(F)c2F)n1. The Morgan fingerprint density at radius 1 is 1.44 bits per heavy atom. The maximum atomic E-state index is 13.5. The summed E-state index contributed by atoms with van der Waals surface area (Å²) in [5, 5.41) is 9.34. The van der Waals surface area contributed by atoms with Crippen LogP contribution in [-0.2, 0) is 6.61 Å². The number of hydrogen-bond donors (Lipinski definition) is 1. The molecule has 0 atom stereocenters. The fourth-order valence-corrected chi connectivity index (χ4v) is 2.52. The van der Waals surface area contributed by atoms with Gasteiger partial charge in [0.1, 0.15) is 6.26 Å². The van der Waals surface area contributed by atoms with Crippen LogP contribution < -0.4 is 4.74 Å². The number of oxazole rings is 1. The molecule has 134 valence electrons. The van der Waals surface area contributed by atoms with Crippen LogP contribution in [0.5, 0.6) is 5.75 Å². The van der Waals surface area contributed by atoms with E-state index in [1.807, 2.05) is 0 Å². The molecule has 25 heavy (non-hydrogen) atoms. The third-order valence-corrected chi connectivity index (χ3v) is 4.25. The molecule has 6 nitrogen and oxygen atoms in total. The highest BCUT2D eigenvalue weighted by Gasteiger charge is 2.43. The normalized spacial score (nSPS) is 15.0. The Morgan fingerprint density at radius 2 is 2.20 bits per heavy atom. The van der Waals surface area contributed by atoms with E-state index in [2.05, 4.69) is 4.98 Å². The molecule has 1 N–H and O–H groups in total. The Kier molecular flexibility index (Phi) is 4.71. The van der Waals surface area contributed by atoms with E-state index in [0.29, 0.717) is 6.54 Å². The minimum atomic E-state index is -1.09. The van der Waals surface area contributed by atoms with E-state index in [-0.39, 0.29) is 41.9 Å². The van der Waals surface area contributed by atoms with Crippen molar-refractivity contribution >= 4 is 5.91 Å². The molecule has 1 saturated carbocycles. The van der Waals surface area contributed by atoms with Crippen molar-refractivity contribution in [3.8, 4) is 5.75 Å². The number of aliphatic hydroxyl groups is 1. The van der Waals surface area contributed by atoms with Gasteiger partial charge in [0.15, 0.2) is 23.9 Å². The van der Waals surface area contributed by atoms with Gasteiger partial charge in [-0.05, 0) is 25.0 Å². The summed E-state index contributed by atoms with van der Waals surface area (Å²) in [6.45, 7) is 0.245. The molecule has 0 aliphatic heterocycles. The molecule has 0 radical (unpaired) electrons. The molecule has 0 unspecified atom stereocenters. The van der Waals surface area contributed by atoms with Crippen molar-refractivity contribution in [1.82, 2.24) is 9.88 Å². The fraction of sp³-hybridized carbons (Fsp3) is 0.412. The van der Waals surface area contributed by atoms with E-state index in [1.54, 1.807) is 7.05 Å². The van der Waals surface area contributed by atoms with Crippen LogP contribution in [0.25, 0.3) is 0 Å². The van der Waals surface area contributed by atoms with Crippen molar-refractivity contribution in [2.75, 3.05) is 20.2 Å². The Bertz CT molecular complexity index is 774. The molecule has 3 rings (SSSR count). The second kappa shape index (κ2) is 6.79. The van der Waals surface area contributed by atoms with Crippen molar-refractivity contribution in [3.05, 3.63) is 47.7 Å². The van der Waals surface area contributed by atoms with Crippen LogP contribution in [-0.4, -0.2) is 41.1 Å². The van der Waals surface area contributed by atoms with Crippen LogP contribution in [0.1, 0.15) is 29.2 Å². The minimum absolute atomic E-state index is 0.0434. The highest BCUT2D eigenvalue weighted by atomic mass is 19.2. The number of amides is 1. The first-order chi connectivity index (χ1) is 11.9. The molecule has 1 aromatic heterocycles. The van der Waals surface area contributed by atoms with E-state index >= 15 is 0 Å². The van der Waals surface area contributed by atoms with Crippen molar-refractivity contribution in [1.29, 1.82) is 0 Å². The first-order valence-electron chi connectivity index (χ1n) is 7.82. The molecule has 1 heterocycles. The number of hydrogen-bond acceptors (Lipinski definition) is 5. The summed E-state index contributed by atoms with van der Waals surface area (Å²) in [7, 11) is 1.63. The van der Waals surface area contributed by atoms with E-state index in [9.17, 15) is 18.7 Å². The van der Waals surface area contributed by atoms with E-state index in [0.717, 1.165) is 18.9 Å². The van der Waals surface area contributed by atoms with Gasteiger partial charge >= 0.3 is 0 Å². The third kappa shape index (κ3) is 3.79. The first-order valence-corrected chi connectivity index (χ1v) is 7.82. The standard InChI is InChI=1S/C17H18F2N2O4/c1-21(9-17(10-22)5-6-17)16(23)12-7-25-14(20-12)8-24-13-4-2-3-11(18)15(13)19/h2-4,7,22H,5-6,8-10H2,1H3. The van der Waals surface area contributed by atoms with Gasteiger partial charge in [0, 0.05) is 19.0 Å². The van der Waals surface area contributed by atoms with Gasteiger partial charge in [0.05, 0.1) is 6.61 Å². The number of nitrogens with zero attached hydrogens (tertiary/aromatic N) is 2. The highest BCUT2D eigenvalue weighted by Crippen LogP contribution is 2.45. The van der Waals surface area contributed by atoms with Crippen molar-refractivity contribution in [2.45, 2.75) is 19.4 Å². The second-order valence-corrected chi connectivity index (χ2v) is 6.29. The fourth-order valence-electron chi connectivity index (χ4n) is 2.52.